The quantitative estimate of drug-likeness (QED) is 0.608. The highest BCUT2D eigenvalue weighted by Crippen LogP contribution is 2.23. The van der Waals surface area contributed by atoms with E-state index in [0.717, 1.165) is 36.4 Å². The van der Waals surface area contributed by atoms with Crippen LogP contribution in [0.15, 0.2) is 48.5 Å². The smallest absolute Gasteiger partial charge is 0.295 e. The van der Waals surface area contributed by atoms with E-state index in [4.69, 9.17) is 9.47 Å². The van der Waals surface area contributed by atoms with Gasteiger partial charge < -0.3 is 14.8 Å². The van der Waals surface area contributed by atoms with E-state index in [1.807, 2.05) is 37.3 Å². The highest BCUT2D eigenvalue weighted by molar-refractivity contribution is 6.01. The lowest BCUT2D eigenvalue weighted by Gasteiger charge is -2.12. The van der Waals surface area contributed by atoms with Gasteiger partial charge in [0.25, 0.3) is 5.91 Å². The minimum atomic E-state index is -0.350. The summed E-state index contributed by atoms with van der Waals surface area (Å²) in [6.07, 6.45) is 2.30. The second kappa shape index (κ2) is 9.31. The molecule has 1 N–H and O–H groups in total. The zero-order valence-electron chi connectivity index (χ0n) is 18.2. The lowest BCUT2D eigenvalue weighted by molar-refractivity contribution is 0.0679. The summed E-state index contributed by atoms with van der Waals surface area (Å²) in [4.78, 5) is 17.1. The average Bonchev–Trinajstić information content (AvgIpc) is 3.43. The van der Waals surface area contributed by atoms with Gasteiger partial charge in [0.2, 0.25) is 5.82 Å². The second-order valence-corrected chi connectivity index (χ2v) is 8.03. The monoisotopic (exact) mass is 420 g/mol. The minimum absolute atomic E-state index is 0.134. The van der Waals surface area contributed by atoms with Crippen molar-refractivity contribution in [2.75, 3.05) is 18.5 Å². The van der Waals surface area contributed by atoms with E-state index < -0.39 is 0 Å². The molecule has 0 spiro atoms. The molecule has 7 nitrogen and oxygen atoms in total. The Balaban J connectivity index is 1.43. The molecular weight excluding hydrogens is 392 g/mol. The molecule has 7 heteroatoms. The molecular formula is C24H28N4O3. The molecule has 1 fully saturated rings. The van der Waals surface area contributed by atoms with Crippen LogP contribution in [0.3, 0.4) is 0 Å². The largest absolute Gasteiger partial charge is 0.491 e. The maximum absolute atomic E-state index is 12.7. The summed E-state index contributed by atoms with van der Waals surface area (Å²) in [7, 11) is 0. The van der Waals surface area contributed by atoms with Crippen LogP contribution >= 0.6 is 0 Å². The van der Waals surface area contributed by atoms with Gasteiger partial charge in [-0.1, -0.05) is 32.0 Å². The van der Waals surface area contributed by atoms with E-state index in [0.29, 0.717) is 24.0 Å². The zero-order chi connectivity index (χ0) is 21.8. The maximum atomic E-state index is 12.7. The number of benzene rings is 2. The van der Waals surface area contributed by atoms with Crippen molar-refractivity contribution < 1.29 is 14.3 Å². The Bertz CT molecular complexity index is 1040. The standard InChI is InChI=1S/C24H28N4O3/c1-16(2)21-8-4-5-9-22(21)28-17(3)25-23(27-28)24(29)26-18-10-12-19(13-11-18)31-15-20-7-6-14-30-20/h4-5,8-13,16,20H,6-7,14-15H2,1-3H3,(H,26,29). The van der Waals surface area contributed by atoms with Gasteiger partial charge in [-0.05, 0) is 61.6 Å². The molecule has 0 bridgehead atoms. The molecule has 1 aliphatic heterocycles. The van der Waals surface area contributed by atoms with Crippen LogP contribution in [-0.2, 0) is 4.74 Å². The first-order valence-electron chi connectivity index (χ1n) is 10.7. The normalized spacial score (nSPS) is 15.9. The highest BCUT2D eigenvalue weighted by Gasteiger charge is 2.18. The van der Waals surface area contributed by atoms with Gasteiger partial charge in [-0.3, -0.25) is 4.79 Å². The number of carbonyl (C=O) groups is 1. The van der Waals surface area contributed by atoms with Crippen molar-refractivity contribution in [1.29, 1.82) is 0 Å². The molecule has 4 rings (SSSR count). The molecule has 1 aliphatic rings. The summed E-state index contributed by atoms with van der Waals surface area (Å²) in [5.74, 6) is 1.53. The second-order valence-electron chi connectivity index (χ2n) is 8.03. The average molecular weight is 421 g/mol. The summed E-state index contributed by atoms with van der Waals surface area (Å²) in [6, 6.07) is 15.3. The van der Waals surface area contributed by atoms with Crippen molar-refractivity contribution in [2.45, 2.75) is 45.6 Å². The first kappa shape index (κ1) is 21.1. The Morgan fingerprint density at radius 2 is 2.00 bits per heavy atom. The molecule has 1 amide bonds. The number of carbonyl (C=O) groups excluding carboxylic acids is 1. The summed E-state index contributed by atoms with van der Waals surface area (Å²) in [5.41, 5.74) is 2.75. The predicted octanol–water partition coefficient (Wildman–Crippen LogP) is 4.51. The number of nitrogens with zero attached hydrogens (tertiary/aromatic N) is 3. The number of amides is 1. The first-order valence-corrected chi connectivity index (χ1v) is 10.7. The number of ether oxygens (including phenoxy) is 2. The van der Waals surface area contributed by atoms with E-state index in [9.17, 15) is 4.79 Å². The van der Waals surface area contributed by atoms with E-state index in [-0.39, 0.29) is 17.8 Å². The van der Waals surface area contributed by atoms with Gasteiger partial charge in [-0.15, -0.1) is 5.10 Å². The van der Waals surface area contributed by atoms with E-state index in [1.54, 1.807) is 16.8 Å². The molecule has 1 unspecified atom stereocenters. The number of nitrogens with one attached hydrogen (secondary N) is 1. The maximum Gasteiger partial charge on any atom is 0.295 e. The number of hydrogen-bond donors (Lipinski definition) is 1. The molecule has 0 aliphatic carbocycles. The zero-order valence-corrected chi connectivity index (χ0v) is 18.2. The fourth-order valence-electron chi connectivity index (χ4n) is 3.67. The van der Waals surface area contributed by atoms with Crippen molar-refractivity contribution in [3.05, 3.63) is 65.7 Å². The molecule has 2 heterocycles. The number of anilines is 1. The molecule has 0 radical (unpaired) electrons. The lowest BCUT2D eigenvalue weighted by atomic mass is 10.0. The van der Waals surface area contributed by atoms with Crippen molar-refractivity contribution >= 4 is 11.6 Å². The van der Waals surface area contributed by atoms with Gasteiger partial charge >= 0.3 is 0 Å². The van der Waals surface area contributed by atoms with Gasteiger partial charge in [0, 0.05) is 12.3 Å². The first-order chi connectivity index (χ1) is 15.0. The summed E-state index contributed by atoms with van der Waals surface area (Å²) in [5, 5.41) is 7.32. The Morgan fingerprint density at radius 1 is 1.23 bits per heavy atom. The minimum Gasteiger partial charge on any atom is -0.491 e. The van der Waals surface area contributed by atoms with Gasteiger partial charge in [0.15, 0.2) is 0 Å². The third kappa shape index (κ3) is 4.94. The van der Waals surface area contributed by atoms with Crippen LogP contribution in [0.5, 0.6) is 5.75 Å². The Kier molecular flexibility index (Phi) is 6.32. The SMILES string of the molecule is Cc1nc(C(=O)Nc2ccc(OCC3CCCO3)cc2)nn1-c1ccccc1C(C)C. The van der Waals surface area contributed by atoms with E-state index in [1.165, 1.54) is 0 Å². The van der Waals surface area contributed by atoms with Crippen LogP contribution in [0.1, 0.15) is 54.6 Å². The van der Waals surface area contributed by atoms with Crippen LogP contribution in [0.25, 0.3) is 5.69 Å². The Labute approximate surface area is 182 Å². The molecule has 1 atom stereocenters. The topological polar surface area (TPSA) is 78.3 Å². The highest BCUT2D eigenvalue weighted by atomic mass is 16.5. The third-order valence-electron chi connectivity index (χ3n) is 5.33. The molecule has 1 aromatic heterocycles. The molecule has 3 aromatic rings. The molecule has 2 aromatic carbocycles. The van der Waals surface area contributed by atoms with Crippen molar-refractivity contribution in [2.24, 2.45) is 0 Å². The summed E-state index contributed by atoms with van der Waals surface area (Å²) < 4.78 is 13.1. The molecule has 162 valence electrons. The van der Waals surface area contributed by atoms with Gasteiger partial charge in [-0.25, -0.2) is 9.67 Å². The number of para-hydroxylation sites is 1. The number of hydrogen-bond acceptors (Lipinski definition) is 5. The fourth-order valence-corrected chi connectivity index (χ4v) is 3.67. The van der Waals surface area contributed by atoms with Crippen molar-refractivity contribution in [3.63, 3.8) is 0 Å². The lowest BCUT2D eigenvalue weighted by Crippen LogP contribution is -2.16. The predicted molar refractivity (Wildman–Crippen MR) is 119 cm³/mol. The molecule has 1 saturated heterocycles. The van der Waals surface area contributed by atoms with Gasteiger partial charge in [-0.2, -0.15) is 0 Å². The summed E-state index contributed by atoms with van der Waals surface area (Å²) >= 11 is 0. The van der Waals surface area contributed by atoms with Gasteiger partial charge in [0.05, 0.1) is 11.8 Å². The third-order valence-corrected chi connectivity index (χ3v) is 5.33. The number of aromatic nitrogens is 3. The number of rotatable bonds is 7. The van der Waals surface area contributed by atoms with Crippen LogP contribution in [-0.4, -0.2) is 40.0 Å². The molecule has 31 heavy (non-hydrogen) atoms. The van der Waals surface area contributed by atoms with Crippen LogP contribution < -0.4 is 10.1 Å². The van der Waals surface area contributed by atoms with Gasteiger partial charge in [0.1, 0.15) is 18.2 Å². The fraction of sp³-hybridized carbons (Fsp3) is 0.375. The van der Waals surface area contributed by atoms with Crippen molar-refractivity contribution in [1.82, 2.24) is 14.8 Å². The Hall–Kier alpha value is -3.19. The Morgan fingerprint density at radius 3 is 2.71 bits per heavy atom. The summed E-state index contributed by atoms with van der Waals surface area (Å²) in [6.45, 7) is 7.47. The van der Waals surface area contributed by atoms with E-state index in [2.05, 4.69) is 35.3 Å². The molecule has 0 saturated carbocycles. The van der Waals surface area contributed by atoms with Crippen LogP contribution in [0.4, 0.5) is 5.69 Å². The van der Waals surface area contributed by atoms with E-state index >= 15 is 0 Å². The number of aryl methyl sites for hydroxylation is 1. The van der Waals surface area contributed by atoms with Crippen molar-refractivity contribution in [3.8, 4) is 11.4 Å². The van der Waals surface area contributed by atoms with Crippen LogP contribution in [0.2, 0.25) is 0 Å². The van der Waals surface area contributed by atoms with Crippen LogP contribution in [0, 0.1) is 6.92 Å².